The molecule has 1 amide bonds. The van der Waals surface area contributed by atoms with Gasteiger partial charge >= 0.3 is 0 Å². The number of ether oxygens (including phenoxy) is 1. The summed E-state index contributed by atoms with van der Waals surface area (Å²) in [5.41, 5.74) is 0.753. The molecule has 1 unspecified atom stereocenters. The number of piperidine rings is 1. The molecule has 20 heavy (non-hydrogen) atoms. The van der Waals surface area contributed by atoms with E-state index in [1.165, 1.54) is 19.3 Å². The first-order valence-corrected chi connectivity index (χ1v) is 7.32. The predicted octanol–water partition coefficient (Wildman–Crippen LogP) is 1.39. The summed E-state index contributed by atoms with van der Waals surface area (Å²) in [4.78, 5) is 11.9. The smallest absolute Gasteiger partial charge is 0.224 e. The van der Waals surface area contributed by atoms with E-state index in [2.05, 4.69) is 15.7 Å². The molecule has 0 saturated carbocycles. The molecule has 1 aliphatic heterocycles. The Balaban J connectivity index is 1.69. The molecule has 1 fully saturated rings. The van der Waals surface area contributed by atoms with Crippen LogP contribution in [0.5, 0.6) is 0 Å². The van der Waals surface area contributed by atoms with E-state index in [1.807, 2.05) is 6.20 Å². The van der Waals surface area contributed by atoms with Crippen LogP contribution in [-0.2, 0) is 16.1 Å². The molecule has 0 aliphatic carbocycles. The average Bonchev–Trinajstić information content (AvgIpc) is 2.91. The number of methoxy groups -OCH3 is 1. The van der Waals surface area contributed by atoms with E-state index in [-0.39, 0.29) is 5.91 Å². The molecular formula is C14H24N4O2. The normalized spacial score (nSPS) is 18.9. The number of amides is 1. The summed E-state index contributed by atoms with van der Waals surface area (Å²) >= 11 is 0. The van der Waals surface area contributed by atoms with E-state index in [0.717, 1.165) is 18.7 Å². The fourth-order valence-electron chi connectivity index (χ4n) is 2.43. The van der Waals surface area contributed by atoms with Crippen molar-refractivity contribution in [2.45, 2.75) is 44.7 Å². The maximum absolute atomic E-state index is 11.9. The molecule has 1 aliphatic rings. The van der Waals surface area contributed by atoms with Gasteiger partial charge in [0, 0.05) is 25.8 Å². The fourth-order valence-corrected chi connectivity index (χ4v) is 2.43. The number of aromatic nitrogens is 2. The highest BCUT2D eigenvalue weighted by atomic mass is 16.5. The van der Waals surface area contributed by atoms with Crippen molar-refractivity contribution in [1.29, 1.82) is 0 Å². The van der Waals surface area contributed by atoms with Gasteiger partial charge in [-0.15, -0.1) is 0 Å². The summed E-state index contributed by atoms with van der Waals surface area (Å²) in [6, 6.07) is 0.499. The number of nitrogens with one attached hydrogen (secondary N) is 2. The van der Waals surface area contributed by atoms with Crippen LogP contribution in [0, 0.1) is 0 Å². The number of carbonyl (C=O) groups is 1. The Bertz CT molecular complexity index is 413. The minimum Gasteiger partial charge on any atom is -0.383 e. The molecule has 2 heterocycles. The Morgan fingerprint density at radius 1 is 1.60 bits per heavy atom. The van der Waals surface area contributed by atoms with Gasteiger partial charge in [-0.05, 0) is 25.8 Å². The van der Waals surface area contributed by atoms with Crippen LogP contribution in [0.15, 0.2) is 12.4 Å². The van der Waals surface area contributed by atoms with Gasteiger partial charge in [0.2, 0.25) is 5.91 Å². The standard InChI is InChI=1S/C14H24N4O2/c1-20-9-8-18-11-13(10-16-18)17-14(19)6-5-12-4-2-3-7-15-12/h10-12,15H,2-9H2,1H3,(H,17,19). The molecule has 2 N–H and O–H groups in total. The van der Waals surface area contributed by atoms with E-state index >= 15 is 0 Å². The molecule has 6 heteroatoms. The lowest BCUT2D eigenvalue weighted by atomic mass is 10.0. The summed E-state index contributed by atoms with van der Waals surface area (Å²) < 4.78 is 6.75. The third-order valence-corrected chi connectivity index (χ3v) is 3.57. The Hall–Kier alpha value is -1.40. The fraction of sp³-hybridized carbons (Fsp3) is 0.714. The van der Waals surface area contributed by atoms with Crippen LogP contribution in [0.2, 0.25) is 0 Å². The largest absolute Gasteiger partial charge is 0.383 e. The summed E-state index contributed by atoms with van der Waals surface area (Å²) in [6.45, 7) is 2.39. The van der Waals surface area contributed by atoms with Gasteiger partial charge < -0.3 is 15.4 Å². The Morgan fingerprint density at radius 3 is 3.25 bits per heavy atom. The van der Waals surface area contributed by atoms with Gasteiger partial charge in [0.25, 0.3) is 0 Å². The molecular weight excluding hydrogens is 256 g/mol. The van der Waals surface area contributed by atoms with Gasteiger partial charge in [-0.25, -0.2) is 0 Å². The number of hydrogen-bond donors (Lipinski definition) is 2. The first-order valence-electron chi connectivity index (χ1n) is 7.32. The van der Waals surface area contributed by atoms with Crippen molar-refractivity contribution >= 4 is 11.6 Å². The van der Waals surface area contributed by atoms with E-state index in [4.69, 9.17) is 4.74 Å². The average molecular weight is 280 g/mol. The van der Waals surface area contributed by atoms with Gasteiger partial charge in [-0.1, -0.05) is 6.42 Å². The molecule has 112 valence electrons. The van der Waals surface area contributed by atoms with Crippen LogP contribution >= 0.6 is 0 Å². The second kappa shape index (κ2) is 8.01. The molecule has 0 radical (unpaired) electrons. The molecule has 1 saturated heterocycles. The summed E-state index contributed by atoms with van der Waals surface area (Å²) in [5, 5.41) is 10.5. The number of rotatable bonds is 7. The van der Waals surface area contributed by atoms with Gasteiger partial charge in [-0.2, -0.15) is 5.10 Å². The zero-order valence-corrected chi connectivity index (χ0v) is 12.1. The van der Waals surface area contributed by atoms with Crippen molar-refractivity contribution in [1.82, 2.24) is 15.1 Å². The quantitative estimate of drug-likeness (QED) is 0.792. The van der Waals surface area contributed by atoms with Crippen molar-refractivity contribution in [3.05, 3.63) is 12.4 Å². The number of nitrogens with zero attached hydrogens (tertiary/aromatic N) is 2. The van der Waals surface area contributed by atoms with Crippen LogP contribution in [0.1, 0.15) is 32.1 Å². The van der Waals surface area contributed by atoms with Gasteiger partial charge in [0.15, 0.2) is 0 Å². The lowest BCUT2D eigenvalue weighted by Gasteiger charge is -2.22. The highest BCUT2D eigenvalue weighted by Gasteiger charge is 2.14. The van der Waals surface area contributed by atoms with Crippen LogP contribution < -0.4 is 10.6 Å². The topological polar surface area (TPSA) is 68.2 Å². The Morgan fingerprint density at radius 2 is 2.50 bits per heavy atom. The van der Waals surface area contributed by atoms with Crippen molar-refractivity contribution in [2.24, 2.45) is 0 Å². The summed E-state index contributed by atoms with van der Waals surface area (Å²) in [7, 11) is 1.66. The zero-order chi connectivity index (χ0) is 14.2. The SMILES string of the molecule is COCCn1cc(NC(=O)CCC2CCCCN2)cn1. The molecule has 1 aromatic rings. The Labute approximate surface area is 119 Å². The van der Waals surface area contributed by atoms with Crippen molar-refractivity contribution in [3.63, 3.8) is 0 Å². The maximum Gasteiger partial charge on any atom is 0.224 e. The van der Waals surface area contributed by atoms with Gasteiger partial charge in [-0.3, -0.25) is 9.48 Å². The monoisotopic (exact) mass is 280 g/mol. The van der Waals surface area contributed by atoms with E-state index in [0.29, 0.717) is 25.6 Å². The predicted molar refractivity (Wildman–Crippen MR) is 77.6 cm³/mol. The van der Waals surface area contributed by atoms with E-state index in [9.17, 15) is 4.79 Å². The molecule has 1 atom stereocenters. The zero-order valence-electron chi connectivity index (χ0n) is 12.1. The molecule has 0 spiro atoms. The summed E-state index contributed by atoms with van der Waals surface area (Å²) in [5.74, 6) is 0.0589. The van der Waals surface area contributed by atoms with Crippen LogP contribution in [-0.4, -0.2) is 42.0 Å². The van der Waals surface area contributed by atoms with Crippen LogP contribution in [0.25, 0.3) is 0 Å². The first-order chi connectivity index (χ1) is 9.78. The number of hydrogen-bond acceptors (Lipinski definition) is 4. The molecule has 6 nitrogen and oxygen atoms in total. The van der Waals surface area contributed by atoms with Gasteiger partial charge in [0.1, 0.15) is 0 Å². The Kier molecular flexibility index (Phi) is 6.01. The summed E-state index contributed by atoms with van der Waals surface area (Å²) in [6.07, 6.45) is 8.67. The van der Waals surface area contributed by atoms with E-state index in [1.54, 1.807) is 18.0 Å². The van der Waals surface area contributed by atoms with Gasteiger partial charge in [0.05, 0.1) is 25.0 Å². The van der Waals surface area contributed by atoms with Crippen molar-refractivity contribution < 1.29 is 9.53 Å². The first kappa shape index (κ1) is 15.0. The second-order valence-electron chi connectivity index (χ2n) is 5.22. The van der Waals surface area contributed by atoms with Crippen LogP contribution in [0.3, 0.4) is 0 Å². The lowest BCUT2D eigenvalue weighted by molar-refractivity contribution is -0.116. The lowest BCUT2D eigenvalue weighted by Crippen LogP contribution is -2.34. The third kappa shape index (κ3) is 4.94. The molecule has 0 bridgehead atoms. The molecule has 0 aromatic carbocycles. The third-order valence-electron chi connectivity index (χ3n) is 3.57. The van der Waals surface area contributed by atoms with Crippen LogP contribution in [0.4, 0.5) is 5.69 Å². The number of carbonyl (C=O) groups excluding carboxylic acids is 1. The van der Waals surface area contributed by atoms with Crippen molar-refractivity contribution in [2.75, 3.05) is 25.6 Å². The maximum atomic E-state index is 11.9. The molecule has 1 aromatic heterocycles. The van der Waals surface area contributed by atoms with Crippen molar-refractivity contribution in [3.8, 4) is 0 Å². The minimum atomic E-state index is 0.0589. The number of anilines is 1. The minimum absolute atomic E-state index is 0.0589. The highest BCUT2D eigenvalue weighted by molar-refractivity contribution is 5.90. The molecule has 2 rings (SSSR count). The van der Waals surface area contributed by atoms with E-state index < -0.39 is 0 Å². The highest BCUT2D eigenvalue weighted by Crippen LogP contribution is 2.13. The second-order valence-corrected chi connectivity index (χ2v) is 5.22.